The van der Waals surface area contributed by atoms with Crippen LogP contribution in [0.4, 0.5) is 17.1 Å². The molecule has 0 aliphatic rings. The van der Waals surface area contributed by atoms with Crippen LogP contribution in [0.3, 0.4) is 0 Å². The van der Waals surface area contributed by atoms with Crippen molar-refractivity contribution in [3.63, 3.8) is 0 Å². The summed E-state index contributed by atoms with van der Waals surface area (Å²) < 4.78 is 0. The van der Waals surface area contributed by atoms with E-state index in [0.717, 1.165) is 17.7 Å². The molecule has 0 spiro atoms. The van der Waals surface area contributed by atoms with Crippen LogP contribution in [0, 0.1) is 44.7 Å². The third-order valence-corrected chi connectivity index (χ3v) is 4.64. The van der Waals surface area contributed by atoms with Crippen molar-refractivity contribution in [2.75, 3.05) is 18.8 Å². The highest BCUT2D eigenvalue weighted by atomic mass is 127. The van der Waals surface area contributed by atoms with E-state index in [0.29, 0.717) is 31.5 Å². The first kappa shape index (κ1) is 40.9. The third-order valence-electron chi connectivity index (χ3n) is 4.64. The number of aliphatic hydroxyl groups excluding tert-OH is 1. The Labute approximate surface area is 258 Å². The lowest BCUT2D eigenvalue weighted by atomic mass is 10.1. The van der Waals surface area contributed by atoms with Crippen molar-refractivity contribution in [2.24, 2.45) is 0 Å². The fourth-order valence-corrected chi connectivity index (χ4v) is 2.56. The second kappa shape index (κ2) is 25.7. The average molecular weight is 674 g/mol. The van der Waals surface area contributed by atoms with Crippen LogP contribution >= 0.6 is 0 Å². The maximum absolute atomic E-state index is 10.3. The highest BCUT2D eigenvalue weighted by molar-refractivity contribution is 5.39. The minimum Gasteiger partial charge on any atom is -1.00 e. The smallest absolute Gasteiger partial charge is 0.269 e. The number of nitro benzene ring substituents is 2. The van der Waals surface area contributed by atoms with Gasteiger partial charge in [-0.1, -0.05) is 38.6 Å². The van der Waals surface area contributed by atoms with Gasteiger partial charge in [0.15, 0.2) is 0 Å². The van der Waals surface area contributed by atoms with Crippen LogP contribution in [0.25, 0.3) is 9.69 Å². The molecule has 11 nitrogen and oxygen atoms in total. The van der Waals surface area contributed by atoms with Gasteiger partial charge in [-0.3, -0.25) is 20.2 Å². The van der Waals surface area contributed by atoms with E-state index in [1.165, 1.54) is 42.0 Å². The normalized spacial score (nSPS) is 8.37. The van der Waals surface area contributed by atoms with E-state index in [1.54, 1.807) is 12.1 Å². The van der Waals surface area contributed by atoms with Crippen LogP contribution in [0.2, 0.25) is 0 Å². The van der Waals surface area contributed by atoms with E-state index in [2.05, 4.69) is 9.69 Å². The molecule has 12 heteroatoms. The van der Waals surface area contributed by atoms with Crippen molar-refractivity contribution < 1.29 is 38.9 Å². The molecule has 41 heavy (non-hydrogen) atoms. The Balaban J connectivity index is -0.000000486. The number of nitrogen functional groups attached to an aromatic ring is 1. The Morgan fingerprint density at radius 1 is 0.805 bits per heavy atom. The van der Waals surface area contributed by atoms with Gasteiger partial charge in [0.2, 0.25) is 13.1 Å². The molecule has 0 aliphatic carbocycles. The lowest BCUT2D eigenvalue weighted by molar-refractivity contribution is -0.385. The second-order valence-electron chi connectivity index (χ2n) is 7.52. The highest BCUT2D eigenvalue weighted by Gasteiger charge is 2.04. The number of halogens is 1. The monoisotopic (exact) mass is 673 g/mol. The molecular formula is C29H34IN6O5-. The molecule has 0 heterocycles. The van der Waals surface area contributed by atoms with Crippen LogP contribution in [0.15, 0.2) is 72.8 Å². The van der Waals surface area contributed by atoms with Gasteiger partial charge >= 0.3 is 0 Å². The Hall–Kier alpha value is -4.58. The Bertz CT molecular complexity index is 1260. The first-order chi connectivity index (χ1) is 18.7. The molecule has 0 atom stereocenters. The van der Waals surface area contributed by atoms with E-state index in [9.17, 15) is 20.2 Å². The summed E-state index contributed by atoms with van der Waals surface area (Å²) in [5.41, 5.74) is 9.21. The molecule has 0 amide bonds. The standard InChI is InChI=1S/C9H8N2O2.C9H10N2.C7H7NO3.C3H5N.CH4.HI/c1-10-7-6-8-2-4-9(5-3-8)11(12)13;1-11-7-6-8-2-4-9(10)5-3-8;9-5-6-1-3-7(4-2-6)8(10)11;1-2-3-4;;/h2-5H,6-7H2;2-5H,6-7,10H2;1-4,9H,5H2;2H2,1H3;1H4;1H/p-1. The number of hydrogen-bond acceptors (Lipinski definition) is 7. The van der Waals surface area contributed by atoms with Gasteiger partial charge in [0.25, 0.3) is 11.4 Å². The van der Waals surface area contributed by atoms with Crippen molar-refractivity contribution in [3.05, 3.63) is 133 Å². The topological polar surface area (TPSA) is 165 Å². The number of non-ortho nitro benzene ring substituents is 2. The quantitative estimate of drug-likeness (QED) is 0.128. The summed E-state index contributed by atoms with van der Waals surface area (Å²) in [7, 11) is 0. The van der Waals surface area contributed by atoms with Crippen LogP contribution in [0.5, 0.6) is 0 Å². The van der Waals surface area contributed by atoms with Gasteiger partial charge in [0, 0.05) is 49.2 Å². The van der Waals surface area contributed by atoms with Crippen molar-refractivity contribution >= 4 is 17.1 Å². The largest absolute Gasteiger partial charge is 1.00 e. The molecule has 0 bridgehead atoms. The molecule has 3 aromatic carbocycles. The van der Waals surface area contributed by atoms with Crippen LogP contribution < -0.4 is 29.7 Å². The molecule has 0 unspecified atom stereocenters. The number of rotatable bonds is 7. The van der Waals surface area contributed by atoms with E-state index >= 15 is 0 Å². The molecule has 0 aliphatic heterocycles. The van der Waals surface area contributed by atoms with Gasteiger partial charge < -0.3 is 44.5 Å². The fraction of sp³-hybridized carbons (Fsp3) is 0.276. The number of nitrogens with zero attached hydrogens (tertiary/aromatic N) is 5. The number of aliphatic hydroxyl groups is 1. The minimum atomic E-state index is -0.471. The van der Waals surface area contributed by atoms with Gasteiger partial charge in [0.05, 0.1) is 22.5 Å². The number of nitrogens with two attached hydrogens (primary N) is 1. The summed E-state index contributed by atoms with van der Waals surface area (Å²) in [5, 5.41) is 36.6. The minimum absolute atomic E-state index is 0. The predicted octanol–water partition coefficient (Wildman–Crippen LogP) is 3.43. The van der Waals surface area contributed by atoms with Gasteiger partial charge in [-0.25, -0.2) is 13.1 Å². The van der Waals surface area contributed by atoms with Crippen molar-refractivity contribution in [1.29, 1.82) is 5.26 Å². The first-order valence-corrected chi connectivity index (χ1v) is 11.7. The summed E-state index contributed by atoms with van der Waals surface area (Å²) in [5.74, 6) is 0. The summed E-state index contributed by atoms with van der Waals surface area (Å²) in [6.07, 6.45) is 2.10. The summed E-state index contributed by atoms with van der Waals surface area (Å²) in [6, 6.07) is 21.6. The maximum Gasteiger partial charge on any atom is 0.269 e. The first-order valence-electron chi connectivity index (χ1n) is 11.7. The summed E-state index contributed by atoms with van der Waals surface area (Å²) in [4.78, 5) is 26.0. The van der Waals surface area contributed by atoms with Crippen molar-refractivity contribution in [3.8, 4) is 6.07 Å². The number of nitriles is 1. The van der Waals surface area contributed by atoms with Crippen molar-refractivity contribution in [2.45, 2.75) is 40.2 Å². The number of hydrogen-bond donors (Lipinski definition) is 2. The van der Waals surface area contributed by atoms with Crippen LogP contribution in [0.1, 0.15) is 37.5 Å². The molecule has 0 fully saturated rings. The zero-order chi connectivity index (χ0) is 29.5. The number of nitro groups is 2. The lowest BCUT2D eigenvalue weighted by Crippen LogP contribution is -3.00. The summed E-state index contributed by atoms with van der Waals surface area (Å²) >= 11 is 0. The van der Waals surface area contributed by atoms with E-state index in [-0.39, 0.29) is 49.4 Å². The van der Waals surface area contributed by atoms with Crippen LogP contribution in [-0.2, 0) is 19.4 Å². The zero-order valence-corrected chi connectivity index (χ0v) is 24.1. The Kier molecular flexibility index (Phi) is 25.6. The van der Waals surface area contributed by atoms with E-state index in [1.807, 2.05) is 37.3 Å². The molecule has 0 saturated heterocycles. The maximum atomic E-state index is 10.3. The number of benzene rings is 3. The van der Waals surface area contributed by atoms with Gasteiger partial charge in [0.1, 0.15) is 0 Å². The van der Waals surface area contributed by atoms with Gasteiger partial charge in [-0.2, -0.15) is 5.26 Å². The molecule has 0 aromatic heterocycles. The molecule has 3 rings (SSSR count). The van der Waals surface area contributed by atoms with Gasteiger partial charge in [-0.05, 0) is 41.0 Å². The Morgan fingerprint density at radius 3 is 1.39 bits per heavy atom. The number of anilines is 1. The van der Waals surface area contributed by atoms with E-state index in [4.69, 9.17) is 29.2 Å². The Morgan fingerprint density at radius 2 is 1.12 bits per heavy atom. The summed E-state index contributed by atoms with van der Waals surface area (Å²) in [6.45, 7) is 15.9. The lowest BCUT2D eigenvalue weighted by Gasteiger charge is -1.95. The molecule has 218 valence electrons. The third kappa shape index (κ3) is 20.0. The van der Waals surface area contributed by atoms with Gasteiger partial charge in [-0.15, -0.1) is 0 Å². The molecule has 3 N–H and O–H groups in total. The molecular weight excluding hydrogens is 639 g/mol. The van der Waals surface area contributed by atoms with Crippen molar-refractivity contribution in [1.82, 2.24) is 0 Å². The fourth-order valence-electron chi connectivity index (χ4n) is 2.56. The highest BCUT2D eigenvalue weighted by Crippen LogP contribution is 2.12. The zero-order valence-electron chi connectivity index (χ0n) is 21.9. The van der Waals surface area contributed by atoms with E-state index < -0.39 is 9.85 Å². The predicted molar refractivity (Wildman–Crippen MR) is 156 cm³/mol. The second-order valence-corrected chi connectivity index (χ2v) is 7.52. The average Bonchev–Trinajstić information content (AvgIpc) is 2.96. The SMILES string of the molecule is C.CCC#N.O=[N+]([O-])c1ccc(CO)cc1.[C-]#[N+]CCc1ccc(N)cc1.[C-]#[N+]CCc1ccc([N+](=O)[O-])cc1.[I-]. The molecule has 0 radical (unpaired) electrons. The molecule has 0 saturated carbocycles. The van der Waals surface area contributed by atoms with Crippen LogP contribution in [-0.4, -0.2) is 28.0 Å². The molecule has 3 aromatic rings.